The molecule has 1 aromatic carbocycles. The molecule has 4 bridgehead atoms. The molecular formula is C21H26N2O3. The van der Waals surface area contributed by atoms with Crippen molar-refractivity contribution in [3.8, 4) is 0 Å². The molecule has 1 aromatic rings. The molecule has 0 unspecified atom stereocenters. The Balaban J connectivity index is 1.26. The third-order valence-electron chi connectivity index (χ3n) is 6.65. The summed E-state index contributed by atoms with van der Waals surface area (Å²) in [5.74, 6) is 2.74. The molecule has 0 spiro atoms. The van der Waals surface area contributed by atoms with Crippen LogP contribution >= 0.6 is 0 Å². The number of nitro benzene ring substituents is 1. The van der Waals surface area contributed by atoms with Gasteiger partial charge in [-0.2, -0.15) is 0 Å². The number of non-ortho nitro benzene ring substituents is 1. The first kappa shape index (κ1) is 17.3. The van der Waals surface area contributed by atoms with Crippen LogP contribution in [-0.4, -0.2) is 17.4 Å². The second-order valence-corrected chi connectivity index (χ2v) is 8.64. The molecule has 4 fully saturated rings. The van der Waals surface area contributed by atoms with Gasteiger partial charge in [-0.05, 0) is 91.9 Å². The Morgan fingerprint density at radius 2 is 1.69 bits per heavy atom. The number of hydrogen-bond donors (Lipinski definition) is 1. The van der Waals surface area contributed by atoms with Gasteiger partial charge in [0.1, 0.15) is 0 Å². The maximum atomic E-state index is 12.1. The lowest BCUT2D eigenvalue weighted by molar-refractivity contribution is -0.384. The van der Waals surface area contributed by atoms with E-state index >= 15 is 0 Å². The number of nitrogens with one attached hydrogen (secondary N) is 1. The Hall–Kier alpha value is -2.17. The van der Waals surface area contributed by atoms with Gasteiger partial charge in [-0.25, -0.2) is 0 Å². The van der Waals surface area contributed by atoms with Crippen molar-refractivity contribution in [2.24, 2.45) is 23.2 Å². The minimum absolute atomic E-state index is 0.0576. The number of nitrogens with zero attached hydrogens (tertiary/aromatic N) is 1. The summed E-state index contributed by atoms with van der Waals surface area (Å²) < 4.78 is 0. The number of benzene rings is 1. The molecule has 26 heavy (non-hydrogen) atoms. The molecule has 0 heterocycles. The van der Waals surface area contributed by atoms with E-state index in [1.54, 1.807) is 18.2 Å². The first-order valence-corrected chi connectivity index (χ1v) is 9.72. The van der Waals surface area contributed by atoms with Crippen molar-refractivity contribution in [2.75, 3.05) is 6.54 Å². The zero-order chi connectivity index (χ0) is 18.1. The zero-order valence-electron chi connectivity index (χ0n) is 15.0. The summed E-state index contributed by atoms with van der Waals surface area (Å²) in [7, 11) is 0. The second-order valence-electron chi connectivity index (χ2n) is 8.64. The van der Waals surface area contributed by atoms with Crippen LogP contribution in [0.4, 0.5) is 5.69 Å². The summed E-state index contributed by atoms with van der Waals surface area (Å²) >= 11 is 0. The highest BCUT2D eigenvalue weighted by atomic mass is 16.6. The van der Waals surface area contributed by atoms with Gasteiger partial charge in [0.05, 0.1) is 4.92 Å². The highest BCUT2D eigenvalue weighted by molar-refractivity contribution is 5.91. The third kappa shape index (κ3) is 3.67. The quantitative estimate of drug-likeness (QED) is 0.469. The molecule has 0 radical (unpaired) electrons. The second kappa shape index (κ2) is 6.86. The average molecular weight is 354 g/mol. The van der Waals surface area contributed by atoms with E-state index in [1.807, 2.05) is 0 Å². The predicted octanol–water partition coefficient (Wildman–Crippen LogP) is 4.33. The predicted molar refractivity (Wildman–Crippen MR) is 100 cm³/mol. The summed E-state index contributed by atoms with van der Waals surface area (Å²) in [5.41, 5.74) is 1.33. The van der Waals surface area contributed by atoms with Gasteiger partial charge in [0.15, 0.2) is 0 Å². The Kier molecular flexibility index (Phi) is 4.55. The fraction of sp³-hybridized carbons (Fsp3) is 0.571. The third-order valence-corrected chi connectivity index (χ3v) is 6.65. The van der Waals surface area contributed by atoms with Gasteiger partial charge >= 0.3 is 0 Å². The zero-order valence-corrected chi connectivity index (χ0v) is 15.0. The first-order chi connectivity index (χ1) is 12.5. The molecule has 5 nitrogen and oxygen atoms in total. The van der Waals surface area contributed by atoms with Crippen molar-refractivity contribution >= 4 is 17.7 Å². The molecule has 0 saturated heterocycles. The standard InChI is InChI=1S/C21H26N2O3/c24-20(6-3-15-1-4-19(5-2-15)23(25)26)22-8-7-21-12-16-9-17(13-21)11-18(10-16)14-21/h1-6,16-18H,7-14H2,(H,22,24). The molecule has 0 atom stereocenters. The van der Waals surface area contributed by atoms with Crippen LogP contribution in [0.2, 0.25) is 0 Å². The van der Waals surface area contributed by atoms with E-state index in [9.17, 15) is 14.9 Å². The SMILES string of the molecule is O=C(C=Cc1ccc([N+](=O)[O-])cc1)NCCC12CC3CC(CC(C3)C1)C2. The summed E-state index contributed by atoms with van der Waals surface area (Å²) in [6.07, 6.45) is 12.8. The van der Waals surface area contributed by atoms with Gasteiger partial charge in [-0.3, -0.25) is 14.9 Å². The van der Waals surface area contributed by atoms with Gasteiger partial charge in [0.2, 0.25) is 5.91 Å². The number of carbonyl (C=O) groups is 1. The lowest BCUT2D eigenvalue weighted by atomic mass is 9.49. The van der Waals surface area contributed by atoms with Gasteiger partial charge in [0.25, 0.3) is 5.69 Å². The first-order valence-electron chi connectivity index (χ1n) is 9.72. The van der Waals surface area contributed by atoms with Gasteiger partial charge < -0.3 is 5.32 Å². The number of nitro groups is 1. The van der Waals surface area contributed by atoms with Crippen LogP contribution in [0.15, 0.2) is 30.3 Å². The van der Waals surface area contributed by atoms with Gasteiger partial charge in [-0.15, -0.1) is 0 Å². The average Bonchev–Trinajstić information content (AvgIpc) is 2.59. The fourth-order valence-electron chi connectivity index (χ4n) is 5.99. The maximum Gasteiger partial charge on any atom is 0.269 e. The molecule has 0 aliphatic heterocycles. The number of hydrogen-bond acceptors (Lipinski definition) is 3. The van der Waals surface area contributed by atoms with Crippen LogP contribution in [0.1, 0.15) is 50.5 Å². The van der Waals surface area contributed by atoms with Crippen molar-refractivity contribution in [1.29, 1.82) is 0 Å². The molecule has 138 valence electrons. The summed E-state index contributed by atoms with van der Waals surface area (Å²) in [5, 5.41) is 13.7. The summed E-state index contributed by atoms with van der Waals surface area (Å²) in [4.78, 5) is 22.3. The van der Waals surface area contributed by atoms with E-state index in [4.69, 9.17) is 0 Å². The highest BCUT2D eigenvalue weighted by Gasteiger charge is 2.50. The molecule has 4 aliphatic rings. The largest absolute Gasteiger partial charge is 0.353 e. The molecule has 1 N–H and O–H groups in total. The Morgan fingerprint density at radius 3 is 2.23 bits per heavy atom. The molecule has 4 saturated carbocycles. The van der Waals surface area contributed by atoms with Gasteiger partial charge in [-0.1, -0.05) is 0 Å². The molecule has 5 heteroatoms. The Labute approximate surface area is 154 Å². The van der Waals surface area contributed by atoms with E-state index in [0.717, 1.165) is 36.3 Å². The van der Waals surface area contributed by atoms with Crippen LogP contribution in [0.3, 0.4) is 0 Å². The topological polar surface area (TPSA) is 72.2 Å². The van der Waals surface area contributed by atoms with Crippen molar-refractivity contribution in [1.82, 2.24) is 5.32 Å². The van der Waals surface area contributed by atoms with E-state index in [0.29, 0.717) is 5.41 Å². The van der Waals surface area contributed by atoms with E-state index < -0.39 is 4.92 Å². The normalized spacial score (nSPS) is 32.1. The van der Waals surface area contributed by atoms with Crippen molar-refractivity contribution < 1.29 is 9.72 Å². The monoisotopic (exact) mass is 354 g/mol. The van der Waals surface area contributed by atoms with Crippen LogP contribution in [-0.2, 0) is 4.79 Å². The highest BCUT2D eigenvalue weighted by Crippen LogP contribution is 2.61. The maximum absolute atomic E-state index is 12.1. The number of carbonyl (C=O) groups excluding carboxylic acids is 1. The Morgan fingerprint density at radius 1 is 1.12 bits per heavy atom. The lowest BCUT2D eigenvalue weighted by Gasteiger charge is -2.57. The minimum Gasteiger partial charge on any atom is -0.353 e. The van der Waals surface area contributed by atoms with Gasteiger partial charge in [0, 0.05) is 24.8 Å². The van der Waals surface area contributed by atoms with E-state index in [-0.39, 0.29) is 11.6 Å². The molecular weight excluding hydrogens is 328 g/mol. The van der Waals surface area contributed by atoms with E-state index in [2.05, 4.69) is 5.32 Å². The van der Waals surface area contributed by atoms with Crippen molar-refractivity contribution in [3.05, 3.63) is 46.0 Å². The van der Waals surface area contributed by atoms with Crippen molar-refractivity contribution in [2.45, 2.75) is 44.9 Å². The van der Waals surface area contributed by atoms with Crippen LogP contribution in [0.25, 0.3) is 6.08 Å². The fourth-order valence-corrected chi connectivity index (χ4v) is 5.99. The smallest absolute Gasteiger partial charge is 0.269 e. The molecule has 4 aliphatic carbocycles. The lowest BCUT2D eigenvalue weighted by Crippen LogP contribution is -2.47. The summed E-state index contributed by atoms with van der Waals surface area (Å²) in [6.45, 7) is 0.746. The Bertz CT molecular complexity index is 688. The van der Waals surface area contributed by atoms with Crippen LogP contribution in [0, 0.1) is 33.3 Å². The molecule has 5 rings (SSSR count). The minimum atomic E-state index is -0.426. The molecule has 0 aromatic heterocycles. The van der Waals surface area contributed by atoms with Crippen LogP contribution in [0.5, 0.6) is 0 Å². The molecule has 1 amide bonds. The number of rotatable bonds is 6. The number of amides is 1. The van der Waals surface area contributed by atoms with Crippen molar-refractivity contribution in [3.63, 3.8) is 0 Å². The summed E-state index contributed by atoms with van der Waals surface area (Å²) in [6, 6.07) is 6.20. The van der Waals surface area contributed by atoms with E-state index in [1.165, 1.54) is 56.7 Å². The van der Waals surface area contributed by atoms with Crippen LogP contribution < -0.4 is 5.32 Å².